The quantitative estimate of drug-likeness (QED) is 0.621. The van der Waals surface area contributed by atoms with E-state index in [4.69, 9.17) is 9.47 Å². The number of anilines is 1. The molecule has 1 amide bonds. The van der Waals surface area contributed by atoms with E-state index >= 15 is 0 Å². The van der Waals surface area contributed by atoms with Gasteiger partial charge in [0.1, 0.15) is 11.6 Å². The van der Waals surface area contributed by atoms with Gasteiger partial charge in [0, 0.05) is 44.1 Å². The number of methoxy groups -OCH3 is 2. The van der Waals surface area contributed by atoms with Gasteiger partial charge in [0.15, 0.2) is 11.5 Å². The topological polar surface area (TPSA) is 86.6 Å². The van der Waals surface area contributed by atoms with E-state index in [0.717, 1.165) is 26.2 Å². The second kappa shape index (κ2) is 8.06. The number of carbonyl (C=O) groups is 1. The predicted octanol–water partition coefficient (Wildman–Crippen LogP) is 0.955. The lowest BCUT2D eigenvalue weighted by atomic mass is 10.2. The first-order chi connectivity index (χ1) is 11.2. The van der Waals surface area contributed by atoms with Crippen LogP contribution in [0, 0.1) is 11.3 Å². The van der Waals surface area contributed by atoms with Crippen molar-refractivity contribution in [3.63, 3.8) is 0 Å². The maximum atomic E-state index is 12.3. The van der Waals surface area contributed by atoms with Crippen LogP contribution in [0.1, 0.15) is 0 Å². The molecule has 0 atom stereocenters. The Labute approximate surface area is 135 Å². The monoisotopic (exact) mass is 316 g/mol. The van der Waals surface area contributed by atoms with Crippen LogP contribution in [0.2, 0.25) is 0 Å². The average Bonchev–Trinajstić information content (AvgIpc) is 2.60. The molecule has 1 saturated heterocycles. The zero-order valence-electron chi connectivity index (χ0n) is 13.3. The van der Waals surface area contributed by atoms with E-state index < -0.39 is 5.91 Å². The molecular weight excluding hydrogens is 296 g/mol. The second-order valence-corrected chi connectivity index (χ2v) is 4.96. The summed E-state index contributed by atoms with van der Waals surface area (Å²) in [5.74, 6) is 0.635. The van der Waals surface area contributed by atoms with Crippen LogP contribution in [0.15, 0.2) is 30.0 Å². The number of rotatable bonds is 5. The highest BCUT2D eigenvalue weighted by atomic mass is 16.5. The molecule has 0 spiro atoms. The highest BCUT2D eigenvalue weighted by Crippen LogP contribution is 2.29. The Bertz CT molecular complexity index is 631. The number of nitrogens with zero attached hydrogens (tertiary/aromatic N) is 2. The lowest BCUT2D eigenvalue weighted by Gasteiger charge is -2.26. The van der Waals surface area contributed by atoms with Crippen molar-refractivity contribution in [2.75, 3.05) is 45.7 Å². The van der Waals surface area contributed by atoms with Gasteiger partial charge in [-0.15, -0.1) is 0 Å². The molecular formula is C16H20N4O3. The minimum absolute atomic E-state index is 0.0710. The van der Waals surface area contributed by atoms with Crippen LogP contribution in [0.4, 0.5) is 5.69 Å². The molecule has 23 heavy (non-hydrogen) atoms. The van der Waals surface area contributed by atoms with Crippen molar-refractivity contribution in [2.45, 2.75) is 0 Å². The number of hydrogen-bond donors (Lipinski definition) is 2. The van der Waals surface area contributed by atoms with Gasteiger partial charge in [-0.1, -0.05) is 0 Å². The van der Waals surface area contributed by atoms with Gasteiger partial charge in [0.2, 0.25) is 0 Å². The van der Waals surface area contributed by atoms with Crippen LogP contribution in [0.5, 0.6) is 11.5 Å². The molecule has 0 aromatic heterocycles. The van der Waals surface area contributed by atoms with Gasteiger partial charge in [-0.05, 0) is 12.1 Å². The van der Waals surface area contributed by atoms with Crippen LogP contribution in [0.25, 0.3) is 0 Å². The number of hydrogen-bond acceptors (Lipinski definition) is 6. The molecule has 0 saturated carbocycles. The Kier molecular flexibility index (Phi) is 5.83. The van der Waals surface area contributed by atoms with E-state index in [0.29, 0.717) is 17.2 Å². The molecule has 2 N–H and O–H groups in total. The number of nitrogens with one attached hydrogen (secondary N) is 2. The van der Waals surface area contributed by atoms with Crippen molar-refractivity contribution in [2.24, 2.45) is 0 Å². The molecule has 1 aliphatic heterocycles. The van der Waals surface area contributed by atoms with Crippen molar-refractivity contribution in [3.8, 4) is 17.6 Å². The third-order valence-corrected chi connectivity index (χ3v) is 3.47. The van der Waals surface area contributed by atoms with Gasteiger partial charge in [-0.2, -0.15) is 5.26 Å². The summed E-state index contributed by atoms with van der Waals surface area (Å²) in [7, 11) is 3.06. The molecule has 1 fully saturated rings. The lowest BCUT2D eigenvalue weighted by molar-refractivity contribution is -0.112. The van der Waals surface area contributed by atoms with E-state index in [2.05, 4.69) is 10.6 Å². The lowest BCUT2D eigenvalue weighted by Crippen LogP contribution is -2.41. The number of piperazine rings is 1. The second-order valence-electron chi connectivity index (χ2n) is 4.96. The Morgan fingerprint density at radius 2 is 2.00 bits per heavy atom. The fraction of sp³-hybridized carbons (Fsp3) is 0.375. The first-order valence-electron chi connectivity index (χ1n) is 7.28. The van der Waals surface area contributed by atoms with Crippen LogP contribution >= 0.6 is 0 Å². The van der Waals surface area contributed by atoms with Gasteiger partial charge < -0.3 is 25.0 Å². The molecule has 0 bridgehead atoms. The van der Waals surface area contributed by atoms with E-state index in [-0.39, 0.29) is 5.57 Å². The van der Waals surface area contributed by atoms with Gasteiger partial charge in [-0.3, -0.25) is 4.79 Å². The largest absolute Gasteiger partial charge is 0.493 e. The molecule has 7 heteroatoms. The van der Waals surface area contributed by atoms with Crippen LogP contribution in [-0.4, -0.2) is 51.2 Å². The summed E-state index contributed by atoms with van der Waals surface area (Å²) in [6.45, 7) is 3.22. The smallest absolute Gasteiger partial charge is 0.267 e. The minimum atomic E-state index is -0.446. The Morgan fingerprint density at radius 3 is 2.61 bits per heavy atom. The first-order valence-corrected chi connectivity index (χ1v) is 7.28. The highest BCUT2D eigenvalue weighted by Gasteiger charge is 2.14. The van der Waals surface area contributed by atoms with Gasteiger partial charge in [0.25, 0.3) is 5.91 Å². The zero-order chi connectivity index (χ0) is 16.7. The summed E-state index contributed by atoms with van der Waals surface area (Å²) in [5, 5.41) is 15.1. The third-order valence-electron chi connectivity index (χ3n) is 3.47. The number of benzene rings is 1. The fourth-order valence-corrected chi connectivity index (χ4v) is 2.24. The predicted molar refractivity (Wildman–Crippen MR) is 86.3 cm³/mol. The number of ether oxygens (including phenoxy) is 2. The maximum Gasteiger partial charge on any atom is 0.267 e. The van der Waals surface area contributed by atoms with Gasteiger partial charge in [0.05, 0.1) is 14.2 Å². The summed E-state index contributed by atoms with van der Waals surface area (Å²) in [6.07, 6.45) is 1.61. The minimum Gasteiger partial charge on any atom is -0.493 e. The van der Waals surface area contributed by atoms with Crippen LogP contribution in [0.3, 0.4) is 0 Å². The van der Waals surface area contributed by atoms with Crippen molar-refractivity contribution in [1.82, 2.24) is 10.2 Å². The summed E-state index contributed by atoms with van der Waals surface area (Å²) < 4.78 is 10.3. The molecule has 1 aliphatic rings. The number of nitriles is 1. The molecule has 1 aromatic carbocycles. The molecule has 122 valence electrons. The zero-order valence-corrected chi connectivity index (χ0v) is 13.3. The SMILES string of the molecule is COc1ccc(NC(=O)/C(C#N)=C\N2CCNCC2)cc1OC. The normalized spacial score (nSPS) is 14.8. The maximum absolute atomic E-state index is 12.3. The van der Waals surface area contributed by atoms with E-state index in [9.17, 15) is 10.1 Å². The standard InChI is InChI=1S/C16H20N4O3/c1-22-14-4-3-13(9-15(14)23-2)19-16(21)12(10-17)11-20-7-5-18-6-8-20/h3-4,9,11,18H,5-8H2,1-2H3,(H,19,21)/b12-11-. The van der Waals surface area contributed by atoms with E-state index in [1.165, 1.54) is 7.11 Å². The molecule has 7 nitrogen and oxygen atoms in total. The molecule has 1 aromatic rings. The third kappa shape index (κ3) is 4.37. The summed E-state index contributed by atoms with van der Waals surface area (Å²) in [4.78, 5) is 14.2. The summed E-state index contributed by atoms with van der Waals surface area (Å²) >= 11 is 0. The Morgan fingerprint density at radius 1 is 1.30 bits per heavy atom. The molecule has 1 heterocycles. The first kappa shape index (κ1) is 16.6. The average molecular weight is 316 g/mol. The summed E-state index contributed by atoms with van der Waals surface area (Å²) in [6, 6.07) is 6.99. The Balaban J connectivity index is 2.10. The highest BCUT2D eigenvalue weighted by molar-refractivity contribution is 6.06. The van der Waals surface area contributed by atoms with Crippen molar-refractivity contribution in [3.05, 3.63) is 30.0 Å². The van der Waals surface area contributed by atoms with E-state index in [1.54, 1.807) is 31.5 Å². The number of carbonyl (C=O) groups excluding carboxylic acids is 1. The van der Waals surface area contributed by atoms with Crippen molar-refractivity contribution in [1.29, 1.82) is 5.26 Å². The van der Waals surface area contributed by atoms with Crippen LogP contribution < -0.4 is 20.1 Å². The van der Waals surface area contributed by atoms with Crippen molar-refractivity contribution >= 4 is 11.6 Å². The van der Waals surface area contributed by atoms with Crippen LogP contribution in [-0.2, 0) is 4.79 Å². The molecule has 0 unspecified atom stereocenters. The van der Waals surface area contributed by atoms with E-state index in [1.807, 2.05) is 11.0 Å². The molecule has 0 radical (unpaired) electrons. The molecule has 2 rings (SSSR count). The van der Waals surface area contributed by atoms with Gasteiger partial charge >= 0.3 is 0 Å². The Hall–Kier alpha value is -2.72. The van der Waals surface area contributed by atoms with Gasteiger partial charge in [-0.25, -0.2) is 0 Å². The van der Waals surface area contributed by atoms with Crippen molar-refractivity contribution < 1.29 is 14.3 Å². The number of amides is 1. The fourth-order valence-electron chi connectivity index (χ4n) is 2.24. The summed E-state index contributed by atoms with van der Waals surface area (Å²) in [5.41, 5.74) is 0.607. The molecule has 0 aliphatic carbocycles.